The van der Waals surface area contributed by atoms with Gasteiger partial charge in [-0.15, -0.1) is 0 Å². The van der Waals surface area contributed by atoms with Crippen molar-refractivity contribution in [3.63, 3.8) is 0 Å². The molecule has 1 aliphatic heterocycles. The van der Waals surface area contributed by atoms with Gasteiger partial charge in [-0.05, 0) is 24.3 Å². The zero-order valence-electron chi connectivity index (χ0n) is 14.9. The van der Waals surface area contributed by atoms with Crippen molar-refractivity contribution in [2.75, 3.05) is 4.57 Å². The van der Waals surface area contributed by atoms with E-state index in [0.29, 0.717) is 0 Å². The molecule has 0 fully saturated rings. The molecule has 1 aromatic heterocycles. The molecule has 4 heteroatoms. The molecule has 0 atom stereocenters. The molecule has 1 aromatic carbocycles. The predicted molar refractivity (Wildman–Crippen MR) is 98.6 cm³/mol. The van der Waals surface area contributed by atoms with E-state index < -0.39 is 8.48 Å². The van der Waals surface area contributed by atoms with E-state index in [1.807, 2.05) is 18.3 Å². The predicted octanol–water partition coefficient (Wildman–Crippen LogP) is 5.65. The second-order valence-corrected chi connectivity index (χ2v) is 13.2. The summed E-state index contributed by atoms with van der Waals surface area (Å²) in [5.41, 5.74) is 1.17. The minimum absolute atomic E-state index is 0.0157. The molecule has 0 radical (unpaired) electrons. The van der Waals surface area contributed by atoms with Crippen molar-refractivity contribution >= 4 is 20.0 Å². The summed E-state index contributed by atoms with van der Waals surface area (Å²) in [6, 6.07) is 14.5. The highest BCUT2D eigenvalue weighted by molar-refractivity contribution is 6.85. The minimum Gasteiger partial charge on any atom is -0.521 e. The van der Waals surface area contributed by atoms with Gasteiger partial charge in [0, 0.05) is 22.0 Å². The smallest absolute Gasteiger partial charge is 0.377 e. The van der Waals surface area contributed by atoms with Crippen LogP contribution in [-0.2, 0) is 0 Å². The number of hydrogen-bond donors (Lipinski definition) is 0. The summed E-state index contributed by atoms with van der Waals surface area (Å²) in [6.07, 6.45) is 1.86. The first kappa shape index (κ1) is 16.1. The maximum atomic E-state index is 6.79. The molecule has 0 unspecified atom stereocenters. The fraction of sp³-hybridized carbons (Fsp3) is 0.421. The first-order valence-electron chi connectivity index (χ1n) is 8.18. The number of fused-ring (bicyclic) bond motifs is 1. The van der Waals surface area contributed by atoms with E-state index >= 15 is 0 Å². The van der Waals surface area contributed by atoms with Crippen LogP contribution in [-0.4, -0.2) is 13.5 Å². The second-order valence-electron chi connectivity index (χ2n) is 8.24. The number of anilines is 2. The van der Waals surface area contributed by atoms with Crippen LogP contribution in [0.1, 0.15) is 41.5 Å². The van der Waals surface area contributed by atoms with E-state index in [-0.39, 0.29) is 10.1 Å². The van der Waals surface area contributed by atoms with Crippen molar-refractivity contribution in [2.45, 2.75) is 51.6 Å². The Balaban J connectivity index is 2.32. The van der Waals surface area contributed by atoms with Gasteiger partial charge >= 0.3 is 8.48 Å². The first-order valence-corrected chi connectivity index (χ1v) is 10.0. The molecule has 122 valence electrons. The monoisotopic (exact) mass is 326 g/mol. The van der Waals surface area contributed by atoms with Gasteiger partial charge in [-0.25, -0.2) is 4.98 Å². The largest absolute Gasteiger partial charge is 0.521 e. The average Bonchev–Trinajstić information content (AvgIpc) is 2.84. The third-order valence-electron chi connectivity index (χ3n) is 4.58. The van der Waals surface area contributed by atoms with Gasteiger partial charge in [0.2, 0.25) is 0 Å². The van der Waals surface area contributed by atoms with Crippen LogP contribution in [0.25, 0.3) is 0 Å². The van der Waals surface area contributed by atoms with Gasteiger partial charge in [0.05, 0.1) is 0 Å². The molecule has 0 saturated carbocycles. The molecule has 0 spiro atoms. The van der Waals surface area contributed by atoms with Gasteiger partial charge in [-0.2, -0.15) is 0 Å². The lowest BCUT2D eigenvalue weighted by molar-refractivity contribution is 0.438. The van der Waals surface area contributed by atoms with E-state index in [2.05, 4.69) is 81.4 Å². The number of aromatic nitrogens is 1. The third-order valence-corrected chi connectivity index (χ3v) is 10.3. The molecule has 0 N–H and O–H groups in total. The number of rotatable bonds is 1. The number of hydrogen-bond acceptors (Lipinski definition) is 3. The van der Waals surface area contributed by atoms with Gasteiger partial charge in [0.25, 0.3) is 0 Å². The Hall–Kier alpha value is -1.81. The van der Waals surface area contributed by atoms with Crippen molar-refractivity contribution in [1.82, 2.24) is 4.98 Å². The molecule has 0 bridgehead atoms. The van der Waals surface area contributed by atoms with Crippen molar-refractivity contribution < 1.29 is 4.43 Å². The number of benzene rings is 1. The lowest BCUT2D eigenvalue weighted by atomic mass is 10.2. The summed E-state index contributed by atoms with van der Waals surface area (Å²) in [5.74, 6) is 1.86. The van der Waals surface area contributed by atoms with Crippen LogP contribution in [0.4, 0.5) is 11.5 Å². The summed E-state index contributed by atoms with van der Waals surface area (Å²) >= 11 is 0. The van der Waals surface area contributed by atoms with Crippen molar-refractivity contribution in [1.29, 1.82) is 0 Å². The standard InChI is InChI=1S/C19H26N2OSi/c1-18(2,3)23(19(4,5)6)21(15-11-8-7-9-12-15)17-16(22-23)13-10-14-20-17/h7-14H,1-6H3. The van der Waals surface area contributed by atoms with E-state index in [4.69, 9.17) is 4.43 Å². The van der Waals surface area contributed by atoms with Crippen LogP contribution in [0.15, 0.2) is 48.7 Å². The Morgan fingerprint density at radius 3 is 2.04 bits per heavy atom. The number of pyridine rings is 1. The Bertz CT molecular complexity index is 687. The van der Waals surface area contributed by atoms with Crippen molar-refractivity contribution in [3.8, 4) is 5.75 Å². The van der Waals surface area contributed by atoms with Gasteiger partial charge in [-0.3, -0.25) is 0 Å². The molecule has 23 heavy (non-hydrogen) atoms. The summed E-state index contributed by atoms with van der Waals surface area (Å²) in [7, 11) is -2.44. The summed E-state index contributed by atoms with van der Waals surface area (Å²) in [6.45, 7) is 13.8. The Kier molecular flexibility index (Phi) is 3.56. The fourth-order valence-corrected chi connectivity index (χ4v) is 9.72. The molecule has 3 nitrogen and oxygen atoms in total. The van der Waals surface area contributed by atoms with E-state index in [1.165, 1.54) is 5.69 Å². The zero-order chi connectivity index (χ0) is 16.9. The highest BCUT2D eigenvalue weighted by atomic mass is 28.4. The van der Waals surface area contributed by atoms with Gasteiger partial charge < -0.3 is 8.99 Å². The molecule has 0 saturated heterocycles. The van der Waals surface area contributed by atoms with Gasteiger partial charge in [0.1, 0.15) is 5.75 Å². The third kappa shape index (κ3) is 2.27. The Labute approximate surface area is 140 Å². The van der Waals surface area contributed by atoms with E-state index in [0.717, 1.165) is 11.6 Å². The number of para-hydroxylation sites is 1. The molecule has 3 rings (SSSR count). The minimum atomic E-state index is -2.44. The van der Waals surface area contributed by atoms with E-state index in [9.17, 15) is 0 Å². The molecular formula is C19H26N2OSi. The fourth-order valence-electron chi connectivity index (χ4n) is 3.97. The van der Waals surface area contributed by atoms with Crippen LogP contribution in [0.3, 0.4) is 0 Å². The van der Waals surface area contributed by atoms with Crippen molar-refractivity contribution in [2.24, 2.45) is 0 Å². The molecular weight excluding hydrogens is 300 g/mol. The normalized spacial score (nSPS) is 16.9. The maximum absolute atomic E-state index is 6.79. The van der Waals surface area contributed by atoms with Gasteiger partial charge in [0.15, 0.2) is 5.82 Å². The number of nitrogens with zero attached hydrogens (tertiary/aromatic N) is 2. The van der Waals surface area contributed by atoms with Crippen molar-refractivity contribution in [3.05, 3.63) is 48.7 Å². The van der Waals surface area contributed by atoms with Crippen LogP contribution in [0, 0.1) is 0 Å². The lowest BCUT2D eigenvalue weighted by Crippen LogP contribution is -2.65. The average molecular weight is 327 g/mol. The molecule has 2 heterocycles. The van der Waals surface area contributed by atoms with E-state index in [1.54, 1.807) is 0 Å². The molecule has 2 aromatic rings. The SMILES string of the molecule is CC(C)(C)[Si]1(C(C)(C)C)Oc2cccnc2N1c1ccccc1. The lowest BCUT2D eigenvalue weighted by Gasteiger charge is -2.51. The van der Waals surface area contributed by atoms with Crippen LogP contribution >= 0.6 is 0 Å². The maximum Gasteiger partial charge on any atom is 0.377 e. The molecule has 1 aliphatic rings. The Morgan fingerprint density at radius 1 is 0.870 bits per heavy atom. The second kappa shape index (κ2) is 5.10. The highest BCUT2D eigenvalue weighted by Gasteiger charge is 2.66. The van der Waals surface area contributed by atoms with Gasteiger partial charge in [-0.1, -0.05) is 59.7 Å². The van der Waals surface area contributed by atoms with Crippen LogP contribution in [0.2, 0.25) is 10.1 Å². The summed E-state index contributed by atoms with van der Waals surface area (Å²) in [5, 5.41) is 0.0313. The first-order chi connectivity index (χ1) is 10.7. The quantitative estimate of drug-likeness (QED) is 0.633. The van der Waals surface area contributed by atoms with Crippen LogP contribution < -0.4 is 8.99 Å². The highest BCUT2D eigenvalue weighted by Crippen LogP contribution is 2.60. The summed E-state index contributed by atoms with van der Waals surface area (Å²) in [4.78, 5) is 4.68. The molecule has 0 aliphatic carbocycles. The topological polar surface area (TPSA) is 25.4 Å². The van der Waals surface area contributed by atoms with Crippen LogP contribution in [0.5, 0.6) is 5.75 Å². The summed E-state index contributed by atoms with van der Waals surface area (Å²) < 4.78 is 9.21. The Morgan fingerprint density at radius 2 is 1.48 bits per heavy atom. The molecule has 0 amide bonds. The zero-order valence-corrected chi connectivity index (χ0v) is 15.9.